The van der Waals surface area contributed by atoms with Crippen molar-refractivity contribution in [1.29, 1.82) is 0 Å². The van der Waals surface area contributed by atoms with Crippen LogP contribution in [-0.2, 0) is 16.0 Å². The van der Waals surface area contributed by atoms with Crippen molar-refractivity contribution in [2.24, 2.45) is 0 Å². The molecule has 2 N–H and O–H groups in total. The number of benzene rings is 1. The van der Waals surface area contributed by atoms with E-state index in [2.05, 4.69) is 5.10 Å². The number of nitrogen functional groups attached to an aromatic ring is 1. The van der Waals surface area contributed by atoms with Crippen LogP contribution in [0.25, 0.3) is 5.69 Å². The molecule has 1 heterocycles. The molecular weight excluding hydrogens is 378 g/mol. The highest BCUT2D eigenvalue weighted by atomic mass is 35.5. The first kappa shape index (κ1) is 17.9. The summed E-state index contributed by atoms with van der Waals surface area (Å²) in [5, 5.41) is 3.15. The Labute approximate surface area is 139 Å². The van der Waals surface area contributed by atoms with Gasteiger partial charge in [0, 0.05) is 6.26 Å². The lowest BCUT2D eigenvalue weighted by Gasteiger charge is -2.13. The highest BCUT2D eigenvalue weighted by Crippen LogP contribution is 2.38. The predicted octanol–water partition coefficient (Wildman–Crippen LogP) is 3.49. The highest BCUT2D eigenvalue weighted by Gasteiger charge is 2.33. The van der Waals surface area contributed by atoms with Crippen molar-refractivity contribution in [2.45, 2.75) is 18.0 Å². The van der Waals surface area contributed by atoms with E-state index in [4.69, 9.17) is 28.9 Å². The molecule has 0 atom stereocenters. The van der Waals surface area contributed by atoms with Gasteiger partial charge in [-0.05, 0) is 19.1 Å². The minimum atomic E-state index is -4.62. The maximum atomic E-state index is 12.7. The first-order valence-corrected chi connectivity index (χ1v) is 8.60. The van der Waals surface area contributed by atoms with Gasteiger partial charge >= 0.3 is 6.18 Å². The zero-order chi connectivity index (χ0) is 17.7. The lowest BCUT2D eigenvalue weighted by molar-refractivity contribution is -0.137. The third-order valence-corrected chi connectivity index (χ3v) is 4.84. The molecule has 0 aliphatic carbocycles. The van der Waals surface area contributed by atoms with Crippen LogP contribution in [0, 0.1) is 6.92 Å². The second-order valence-electron chi connectivity index (χ2n) is 4.77. The monoisotopic (exact) mass is 387 g/mol. The molecule has 0 spiro atoms. The summed E-state index contributed by atoms with van der Waals surface area (Å²) in [5.41, 5.74) is 4.57. The van der Waals surface area contributed by atoms with E-state index in [1.54, 1.807) is 0 Å². The van der Waals surface area contributed by atoms with Crippen molar-refractivity contribution in [3.8, 4) is 5.69 Å². The summed E-state index contributed by atoms with van der Waals surface area (Å²) in [7, 11) is -3.68. The number of sulfone groups is 1. The Morgan fingerprint density at radius 3 is 2.04 bits per heavy atom. The molecule has 2 aromatic rings. The molecule has 0 radical (unpaired) electrons. The van der Waals surface area contributed by atoms with Gasteiger partial charge < -0.3 is 5.73 Å². The van der Waals surface area contributed by atoms with Crippen LogP contribution >= 0.6 is 23.2 Å². The number of anilines is 1. The van der Waals surface area contributed by atoms with Crippen LogP contribution in [0.15, 0.2) is 17.0 Å². The van der Waals surface area contributed by atoms with Crippen molar-refractivity contribution in [3.05, 3.63) is 33.4 Å². The van der Waals surface area contributed by atoms with E-state index in [1.165, 1.54) is 6.92 Å². The van der Waals surface area contributed by atoms with Crippen LogP contribution in [-0.4, -0.2) is 24.5 Å². The van der Waals surface area contributed by atoms with Crippen molar-refractivity contribution in [1.82, 2.24) is 9.78 Å². The van der Waals surface area contributed by atoms with Gasteiger partial charge in [0.2, 0.25) is 0 Å². The molecular formula is C12H10Cl2F3N3O2S. The zero-order valence-corrected chi connectivity index (χ0v) is 14.1. The summed E-state index contributed by atoms with van der Waals surface area (Å²) in [4.78, 5) is -0.232. The third-order valence-electron chi connectivity index (χ3n) is 3.01. The van der Waals surface area contributed by atoms with Gasteiger partial charge in [-0.25, -0.2) is 13.1 Å². The number of hydrogen-bond acceptors (Lipinski definition) is 4. The number of alkyl halides is 3. The number of aromatic nitrogens is 2. The number of rotatable bonds is 2. The first-order chi connectivity index (χ1) is 10.3. The lowest BCUT2D eigenvalue weighted by Crippen LogP contribution is -2.08. The van der Waals surface area contributed by atoms with Crippen molar-refractivity contribution >= 4 is 38.9 Å². The van der Waals surface area contributed by atoms with Crippen LogP contribution < -0.4 is 5.73 Å². The van der Waals surface area contributed by atoms with E-state index < -0.39 is 21.6 Å². The van der Waals surface area contributed by atoms with Crippen LogP contribution in [0.5, 0.6) is 0 Å². The largest absolute Gasteiger partial charge is 0.416 e. The van der Waals surface area contributed by atoms with Crippen molar-refractivity contribution < 1.29 is 21.6 Å². The Kier molecular flexibility index (Phi) is 4.33. The Bertz CT molecular complexity index is 869. The predicted molar refractivity (Wildman–Crippen MR) is 80.8 cm³/mol. The zero-order valence-electron chi connectivity index (χ0n) is 11.7. The number of halogens is 5. The van der Waals surface area contributed by atoms with Crippen LogP contribution in [0.2, 0.25) is 10.0 Å². The molecule has 2 rings (SSSR count). The fourth-order valence-electron chi connectivity index (χ4n) is 2.12. The van der Waals surface area contributed by atoms with Crippen LogP contribution in [0.1, 0.15) is 11.3 Å². The molecule has 1 aromatic carbocycles. The van der Waals surface area contributed by atoms with E-state index in [-0.39, 0.29) is 32.1 Å². The van der Waals surface area contributed by atoms with E-state index in [0.717, 1.165) is 10.9 Å². The number of nitrogens with zero attached hydrogens (tertiary/aromatic N) is 2. The average Bonchev–Trinajstić information content (AvgIpc) is 2.62. The Morgan fingerprint density at radius 2 is 1.70 bits per heavy atom. The Hall–Kier alpha value is -1.45. The summed E-state index contributed by atoms with van der Waals surface area (Å²) in [6, 6.07) is 1.36. The quantitative estimate of drug-likeness (QED) is 0.855. The second-order valence-corrected chi connectivity index (χ2v) is 7.54. The molecule has 0 bridgehead atoms. The summed E-state index contributed by atoms with van der Waals surface area (Å²) < 4.78 is 62.7. The summed E-state index contributed by atoms with van der Waals surface area (Å²) >= 11 is 11.8. The maximum Gasteiger partial charge on any atom is 0.416 e. The SMILES string of the molecule is Cc1c(S(C)(=O)=O)c(N)nn1-c1c(Cl)cc(C(F)(F)F)cc1Cl. The molecule has 0 saturated carbocycles. The van der Waals surface area contributed by atoms with Gasteiger partial charge in [-0.2, -0.15) is 13.2 Å². The number of hydrogen-bond donors (Lipinski definition) is 1. The fraction of sp³-hybridized carbons (Fsp3) is 0.250. The normalized spacial score (nSPS) is 12.7. The van der Waals surface area contributed by atoms with Gasteiger partial charge in [0.25, 0.3) is 0 Å². The lowest BCUT2D eigenvalue weighted by atomic mass is 10.2. The molecule has 0 unspecified atom stereocenters. The minimum absolute atomic E-state index is 0.0829. The first-order valence-electron chi connectivity index (χ1n) is 5.95. The van der Waals surface area contributed by atoms with Gasteiger partial charge in [-0.1, -0.05) is 23.2 Å². The molecule has 0 aliphatic heterocycles. The van der Waals surface area contributed by atoms with Gasteiger partial charge in [0.15, 0.2) is 15.7 Å². The molecule has 126 valence electrons. The van der Waals surface area contributed by atoms with Gasteiger partial charge in [0.1, 0.15) is 10.6 Å². The standard InChI is InChI=1S/C12H10Cl2F3N3O2S/c1-5-10(23(2,21)22)11(18)19-20(5)9-7(13)3-6(4-8(9)14)12(15,16)17/h3-4H,1-2H3,(H2,18,19). The highest BCUT2D eigenvalue weighted by molar-refractivity contribution is 7.91. The van der Waals surface area contributed by atoms with Gasteiger partial charge in [-0.15, -0.1) is 5.10 Å². The summed E-state index contributed by atoms with van der Waals surface area (Å²) in [5.74, 6) is -0.294. The fourth-order valence-corrected chi connectivity index (χ4v) is 3.81. The van der Waals surface area contributed by atoms with Crippen molar-refractivity contribution in [2.75, 3.05) is 12.0 Å². The molecule has 0 amide bonds. The van der Waals surface area contributed by atoms with Gasteiger partial charge in [0.05, 0.1) is 21.3 Å². The Morgan fingerprint density at radius 1 is 1.22 bits per heavy atom. The smallest absolute Gasteiger partial charge is 0.381 e. The number of nitrogens with two attached hydrogens (primary N) is 1. The molecule has 11 heteroatoms. The second kappa shape index (κ2) is 5.57. The van der Waals surface area contributed by atoms with E-state index in [1.807, 2.05) is 0 Å². The third kappa shape index (κ3) is 3.26. The van der Waals surface area contributed by atoms with Crippen LogP contribution in [0.3, 0.4) is 0 Å². The molecule has 23 heavy (non-hydrogen) atoms. The van der Waals surface area contributed by atoms with Crippen molar-refractivity contribution in [3.63, 3.8) is 0 Å². The molecule has 0 saturated heterocycles. The average molecular weight is 388 g/mol. The minimum Gasteiger partial charge on any atom is -0.381 e. The topological polar surface area (TPSA) is 78.0 Å². The molecule has 0 aliphatic rings. The maximum absolute atomic E-state index is 12.7. The Balaban J connectivity index is 2.75. The van der Waals surface area contributed by atoms with E-state index >= 15 is 0 Å². The van der Waals surface area contributed by atoms with E-state index in [9.17, 15) is 21.6 Å². The molecule has 0 fully saturated rings. The molecule has 1 aromatic heterocycles. The van der Waals surface area contributed by atoms with Crippen LogP contribution in [0.4, 0.5) is 19.0 Å². The van der Waals surface area contributed by atoms with Gasteiger partial charge in [-0.3, -0.25) is 0 Å². The molecule has 5 nitrogen and oxygen atoms in total. The summed E-state index contributed by atoms with van der Waals surface area (Å²) in [6.45, 7) is 1.39. The van der Waals surface area contributed by atoms with E-state index in [0.29, 0.717) is 12.1 Å². The summed E-state index contributed by atoms with van der Waals surface area (Å²) in [6.07, 6.45) is -3.68.